The summed E-state index contributed by atoms with van der Waals surface area (Å²) in [5, 5.41) is 9.96. The van der Waals surface area contributed by atoms with Gasteiger partial charge in [-0.05, 0) is 44.2 Å². The zero-order chi connectivity index (χ0) is 13.3. The van der Waals surface area contributed by atoms with Gasteiger partial charge in [-0.25, -0.2) is 0 Å². The summed E-state index contributed by atoms with van der Waals surface area (Å²) in [6.07, 6.45) is 1.76. The number of benzene rings is 1. The van der Waals surface area contributed by atoms with E-state index in [2.05, 4.69) is 56.9 Å². The van der Waals surface area contributed by atoms with Crippen LogP contribution in [0.15, 0.2) is 24.3 Å². The van der Waals surface area contributed by atoms with Crippen molar-refractivity contribution in [2.75, 3.05) is 11.4 Å². The van der Waals surface area contributed by atoms with Gasteiger partial charge >= 0.3 is 0 Å². The normalized spacial score (nSPS) is 23.4. The molecule has 1 N–H and O–H groups in total. The van der Waals surface area contributed by atoms with Gasteiger partial charge in [-0.2, -0.15) is 0 Å². The minimum Gasteiger partial charge on any atom is -0.391 e. The molecule has 0 spiro atoms. The maximum Gasteiger partial charge on any atom is 0.0716 e. The number of hydrogen-bond acceptors (Lipinski definition) is 2. The van der Waals surface area contributed by atoms with Crippen molar-refractivity contribution in [2.24, 2.45) is 0 Å². The van der Waals surface area contributed by atoms with Crippen molar-refractivity contribution in [3.8, 4) is 0 Å². The molecule has 1 aliphatic heterocycles. The van der Waals surface area contributed by atoms with Gasteiger partial charge < -0.3 is 10.0 Å². The Bertz CT molecular complexity index is 411. The predicted octanol–water partition coefficient (Wildman–Crippen LogP) is 3.55. The lowest BCUT2D eigenvalue weighted by Crippen LogP contribution is -2.52. The number of nitrogens with zero attached hydrogens (tertiary/aromatic N) is 1. The Kier molecular flexibility index (Phi) is 3.67. The van der Waals surface area contributed by atoms with Crippen LogP contribution in [0.1, 0.15) is 52.0 Å². The highest BCUT2D eigenvalue weighted by Crippen LogP contribution is 2.36. The molecular formula is C16H25NO. The Morgan fingerprint density at radius 1 is 1.28 bits per heavy atom. The minimum absolute atomic E-state index is 0.129. The van der Waals surface area contributed by atoms with E-state index in [0.29, 0.717) is 5.92 Å². The molecule has 0 aromatic heterocycles. The molecule has 1 aromatic carbocycles. The molecule has 100 valence electrons. The van der Waals surface area contributed by atoms with E-state index >= 15 is 0 Å². The van der Waals surface area contributed by atoms with Gasteiger partial charge in [-0.3, -0.25) is 0 Å². The molecule has 1 unspecified atom stereocenters. The first-order valence-corrected chi connectivity index (χ1v) is 6.96. The lowest BCUT2D eigenvalue weighted by atomic mass is 9.87. The minimum atomic E-state index is -0.196. The highest BCUT2D eigenvalue weighted by atomic mass is 16.3. The van der Waals surface area contributed by atoms with Crippen LogP contribution >= 0.6 is 0 Å². The first-order valence-electron chi connectivity index (χ1n) is 6.96. The van der Waals surface area contributed by atoms with Gasteiger partial charge in [0.1, 0.15) is 0 Å². The van der Waals surface area contributed by atoms with E-state index in [1.165, 1.54) is 11.3 Å². The van der Waals surface area contributed by atoms with Gasteiger partial charge in [0, 0.05) is 17.8 Å². The van der Waals surface area contributed by atoms with Gasteiger partial charge in [0.2, 0.25) is 0 Å². The van der Waals surface area contributed by atoms with Gasteiger partial charge in [0.25, 0.3) is 0 Å². The first-order chi connectivity index (χ1) is 8.42. The van der Waals surface area contributed by atoms with Crippen LogP contribution in [0.3, 0.4) is 0 Å². The molecule has 1 heterocycles. The van der Waals surface area contributed by atoms with Crippen LogP contribution in [-0.4, -0.2) is 23.3 Å². The summed E-state index contributed by atoms with van der Waals surface area (Å²) >= 11 is 0. The zero-order valence-corrected chi connectivity index (χ0v) is 12.0. The molecule has 2 rings (SSSR count). The Balaban J connectivity index is 2.40. The number of β-amino-alcohol motifs (C(OH)–C–C–N with tert-alkyl or cyclic N) is 1. The van der Waals surface area contributed by atoms with E-state index in [0.717, 1.165) is 19.4 Å². The van der Waals surface area contributed by atoms with Crippen molar-refractivity contribution in [2.45, 2.75) is 58.1 Å². The van der Waals surface area contributed by atoms with Crippen molar-refractivity contribution < 1.29 is 5.11 Å². The van der Waals surface area contributed by atoms with Crippen LogP contribution in [0.5, 0.6) is 0 Å². The Morgan fingerprint density at radius 3 is 2.61 bits per heavy atom. The average Bonchev–Trinajstić information content (AvgIpc) is 2.32. The van der Waals surface area contributed by atoms with Crippen LogP contribution in [0.25, 0.3) is 0 Å². The summed E-state index contributed by atoms with van der Waals surface area (Å²) in [4.78, 5) is 2.39. The third-order valence-corrected chi connectivity index (χ3v) is 4.06. The molecule has 0 saturated carbocycles. The van der Waals surface area contributed by atoms with E-state index in [1.54, 1.807) is 0 Å². The molecule has 1 fully saturated rings. The fraction of sp³-hybridized carbons (Fsp3) is 0.625. The molecule has 2 heteroatoms. The molecule has 1 atom stereocenters. The number of anilines is 1. The molecule has 0 amide bonds. The van der Waals surface area contributed by atoms with Crippen LogP contribution < -0.4 is 4.90 Å². The predicted molar refractivity (Wildman–Crippen MR) is 77.2 cm³/mol. The van der Waals surface area contributed by atoms with Crippen molar-refractivity contribution in [3.63, 3.8) is 0 Å². The maximum absolute atomic E-state index is 9.96. The largest absolute Gasteiger partial charge is 0.391 e. The lowest BCUT2D eigenvalue weighted by Gasteiger charge is -2.47. The molecule has 0 bridgehead atoms. The van der Waals surface area contributed by atoms with Crippen molar-refractivity contribution in [1.29, 1.82) is 0 Å². The molecule has 1 saturated heterocycles. The Hall–Kier alpha value is -1.02. The first kappa shape index (κ1) is 13.4. The second-order valence-electron chi connectivity index (χ2n) is 6.33. The van der Waals surface area contributed by atoms with Gasteiger partial charge in [-0.1, -0.05) is 32.0 Å². The van der Waals surface area contributed by atoms with Crippen molar-refractivity contribution in [1.82, 2.24) is 0 Å². The fourth-order valence-electron chi connectivity index (χ4n) is 2.85. The molecular weight excluding hydrogens is 222 g/mol. The molecule has 18 heavy (non-hydrogen) atoms. The lowest BCUT2D eigenvalue weighted by molar-refractivity contribution is 0.126. The van der Waals surface area contributed by atoms with E-state index in [-0.39, 0.29) is 11.6 Å². The molecule has 1 aromatic rings. The van der Waals surface area contributed by atoms with Crippen LogP contribution in [-0.2, 0) is 0 Å². The average molecular weight is 247 g/mol. The molecule has 0 radical (unpaired) electrons. The summed E-state index contributed by atoms with van der Waals surface area (Å²) in [6.45, 7) is 9.75. The van der Waals surface area contributed by atoms with Crippen molar-refractivity contribution >= 4 is 5.69 Å². The van der Waals surface area contributed by atoms with Crippen LogP contribution in [0.4, 0.5) is 5.69 Å². The van der Waals surface area contributed by atoms with E-state index in [1.807, 2.05) is 0 Å². The third kappa shape index (κ3) is 2.54. The number of rotatable bonds is 2. The summed E-state index contributed by atoms with van der Waals surface area (Å²) in [7, 11) is 0. The number of piperidine rings is 1. The number of para-hydroxylation sites is 1. The summed E-state index contributed by atoms with van der Waals surface area (Å²) in [5.41, 5.74) is 2.79. The topological polar surface area (TPSA) is 23.5 Å². The van der Waals surface area contributed by atoms with E-state index in [4.69, 9.17) is 0 Å². The maximum atomic E-state index is 9.96. The smallest absolute Gasteiger partial charge is 0.0716 e. The van der Waals surface area contributed by atoms with Crippen molar-refractivity contribution in [3.05, 3.63) is 29.8 Å². The Labute approximate surface area is 111 Å². The van der Waals surface area contributed by atoms with Gasteiger partial charge in [-0.15, -0.1) is 0 Å². The highest BCUT2D eigenvalue weighted by Gasteiger charge is 2.34. The van der Waals surface area contributed by atoms with Crippen LogP contribution in [0.2, 0.25) is 0 Å². The quantitative estimate of drug-likeness (QED) is 0.864. The zero-order valence-electron chi connectivity index (χ0n) is 12.0. The second kappa shape index (κ2) is 4.93. The highest BCUT2D eigenvalue weighted by molar-refractivity contribution is 5.57. The summed E-state index contributed by atoms with van der Waals surface area (Å²) in [6, 6.07) is 8.59. The molecule has 0 aliphatic carbocycles. The summed E-state index contributed by atoms with van der Waals surface area (Å²) < 4.78 is 0. The molecule has 1 aliphatic rings. The van der Waals surface area contributed by atoms with E-state index < -0.39 is 0 Å². The number of hydrogen-bond donors (Lipinski definition) is 1. The third-order valence-electron chi connectivity index (χ3n) is 4.06. The SMILES string of the molecule is CC(C)c1ccccc1N1CC(O)CCC1(C)C. The van der Waals surface area contributed by atoms with Crippen LogP contribution in [0, 0.1) is 0 Å². The standard InChI is InChI=1S/C16H25NO/c1-12(2)14-7-5-6-8-15(14)17-11-13(18)9-10-16(17,3)4/h5-8,12-13,18H,9-11H2,1-4H3. The molecule has 2 nitrogen and oxygen atoms in total. The Morgan fingerprint density at radius 2 is 1.94 bits per heavy atom. The van der Waals surface area contributed by atoms with Gasteiger partial charge in [0.15, 0.2) is 0 Å². The van der Waals surface area contributed by atoms with E-state index in [9.17, 15) is 5.11 Å². The number of aliphatic hydroxyl groups excluding tert-OH is 1. The monoisotopic (exact) mass is 247 g/mol. The fourth-order valence-corrected chi connectivity index (χ4v) is 2.85. The second-order valence-corrected chi connectivity index (χ2v) is 6.33. The van der Waals surface area contributed by atoms with Gasteiger partial charge in [0.05, 0.1) is 6.10 Å². The number of aliphatic hydroxyl groups is 1. The summed E-state index contributed by atoms with van der Waals surface area (Å²) in [5.74, 6) is 0.510.